The van der Waals surface area contributed by atoms with Gasteiger partial charge >= 0.3 is 0 Å². The first-order valence-electron chi connectivity index (χ1n) is 4.63. The van der Waals surface area contributed by atoms with Crippen molar-refractivity contribution in [2.45, 2.75) is 25.8 Å². The Labute approximate surface area is 98.1 Å². The average Bonchev–Trinajstić information content (AvgIpc) is 2.50. The minimum Gasteiger partial charge on any atom is -0.396 e. The Morgan fingerprint density at radius 3 is 2.73 bits per heavy atom. The molecule has 1 amide bonds. The van der Waals surface area contributed by atoms with Gasteiger partial charge in [-0.3, -0.25) is 4.79 Å². The molecule has 0 spiro atoms. The maximum Gasteiger partial charge on any atom is 0.261 e. The van der Waals surface area contributed by atoms with Crippen molar-refractivity contribution in [2.24, 2.45) is 0 Å². The largest absolute Gasteiger partial charge is 0.396 e. The van der Waals surface area contributed by atoms with Gasteiger partial charge in [0.2, 0.25) is 0 Å². The Morgan fingerprint density at radius 2 is 2.27 bits per heavy atom. The van der Waals surface area contributed by atoms with Gasteiger partial charge in [0.05, 0.1) is 9.21 Å². The molecule has 84 valence electrons. The second-order valence-corrected chi connectivity index (χ2v) is 5.63. The van der Waals surface area contributed by atoms with Crippen LogP contribution in [0.1, 0.15) is 29.9 Å². The zero-order chi connectivity index (χ0) is 11.5. The van der Waals surface area contributed by atoms with Gasteiger partial charge in [-0.05, 0) is 32.4 Å². The molecule has 1 aromatic rings. The molecule has 0 fully saturated rings. The number of hydrogen-bond acceptors (Lipinski definition) is 3. The van der Waals surface area contributed by atoms with E-state index < -0.39 is 5.54 Å². The lowest BCUT2D eigenvalue weighted by molar-refractivity contribution is 0.0904. The third kappa shape index (κ3) is 3.81. The van der Waals surface area contributed by atoms with Crippen LogP contribution in [0.25, 0.3) is 0 Å². The number of aliphatic hydroxyl groups is 1. The van der Waals surface area contributed by atoms with Gasteiger partial charge in [0.25, 0.3) is 5.91 Å². The minimum atomic E-state index is -0.400. The van der Waals surface area contributed by atoms with Crippen LogP contribution >= 0.6 is 22.9 Å². The van der Waals surface area contributed by atoms with Gasteiger partial charge in [-0.25, -0.2) is 0 Å². The lowest BCUT2D eigenvalue weighted by Gasteiger charge is -2.24. The van der Waals surface area contributed by atoms with E-state index in [1.54, 1.807) is 12.1 Å². The Morgan fingerprint density at radius 1 is 1.60 bits per heavy atom. The first-order chi connectivity index (χ1) is 6.94. The zero-order valence-corrected chi connectivity index (χ0v) is 10.3. The van der Waals surface area contributed by atoms with E-state index in [9.17, 15) is 4.79 Å². The number of carbonyl (C=O) groups excluding carboxylic acids is 1. The molecule has 0 aromatic carbocycles. The van der Waals surface area contributed by atoms with Gasteiger partial charge in [0, 0.05) is 12.1 Å². The van der Waals surface area contributed by atoms with E-state index >= 15 is 0 Å². The zero-order valence-electron chi connectivity index (χ0n) is 8.71. The molecule has 1 rings (SSSR count). The number of nitrogens with one attached hydrogen (secondary N) is 1. The van der Waals surface area contributed by atoms with Crippen molar-refractivity contribution in [3.63, 3.8) is 0 Å². The summed E-state index contributed by atoms with van der Waals surface area (Å²) in [4.78, 5) is 12.3. The van der Waals surface area contributed by atoms with Gasteiger partial charge in [0.1, 0.15) is 0 Å². The predicted molar refractivity (Wildman–Crippen MR) is 62.6 cm³/mol. The number of carbonyl (C=O) groups is 1. The van der Waals surface area contributed by atoms with Crippen LogP contribution in [0.4, 0.5) is 0 Å². The molecule has 5 heteroatoms. The molecule has 0 bridgehead atoms. The Kier molecular flexibility index (Phi) is 4.13. The van der Waals surface area contributed by atoms with Crippen LogP contribution in [0.15, 0.2) is 12.1 Å². The average molecular weight is 248 g/mol. The van der Waals surface area contributed by atoms with Crippen LogP contribution in [0.2, 0.25) is 4.34 Å². The lowest BCUT2D eigenvalue weighted by Crippen LogP contribution is -2.43. The maximum absolute atomic E-state index is 11.7. The lowest BCUT2D eigenvalue weighted by atomic mass is 10.0. The molecule has 0 saturated heterocycles. The van der Waals surface area contributed by atoms with Crippen LogP contribution in [0.3, 0.4) is 0 Å². The Balaban J connectivity index is 2.63. The summed E-state index contributed by atoms with van der Waals surface area (Å²) >= 11 is 6.98. The molecule has 0 atom stereocenters. The van der Waals surface area contributed by atoms with Crippen LogP contribution < -0.4 is 5.32 Å². The van der Waals surface area contributed by atoms with Crippen LogP contribution in [-0.4, -0.2) is 23.2 Å². The molecule has 0 saturated carbocycles. The van der Waals surface area contributed by atoms with Gasteiger partial charge in [-0.1, -0.05) is 11.6 Å². The molecule has 0 aliphatic carbocycles. The highest BCUT2D eigenvalue weighted by Crippen LogP contribution is 2.22. The third-order valence-corrected chi connectivity index (χ3v) is 3.22. The molecule has 1 aromatic heterocycles. The van der Waals surface area contributed by atoms with E-state index in [0.29, 0.717) is 15.6 Å². The quantitative estimate of drug-likeness (QED) is 0.858. The number of halogens is 1. The summed E-state index contributed by atoms with van der Waals surface area (Å²) in [5, 5.41) is 11.7. The molecular formula is C10H14ClNO2S. The number of thiophene rings is 1. The molecule has 1 heterocycles. The highest BCUT2D eigenvalue weighted by atomic mass is 35.5. The summed E-state index contributed by atoms with van der Waals surface area (Å²) in [6, 6.07) is 3.39. The summed E-state index contributed by atoms with van der Waals surface area (Å²) in [5.41, 5.74) is -0.400. The fourth-order valence-electron chi connectivity index (χ4n) is 1.15. The van der Waals surface area contributed by atoms with Gasteiger partial charge in [-0.2, -0.15) is 0 Å². The topological polar surface area (TPSA) is 49.3 Å². The van der Waals surface area contributed by atoms with E-state index in [1.807, 2.05) is 13.8 Å². The molecular weight excluding hydrogens is 234 g/mol. The first kappa shape index (κ1) is 12.5. The molecule has 2 N–H and O–H groups in total. The van der Waals surface area contributed by atoms with E-state index in [-0.39, 0.29) is 12.5 Å². The number of hydrogen-bond donors (Lipinski definition) is 2. The standard InChI is InChI=1S/C10H14ClNO2S/c1-10(2,5-6-13)12-9(14)7-3-4-8(11)15-7/h3-4,13H,5-6H2,1-2H3,(H,12,14). The van der Waals surface area contributed by atoms with Gasteiger partial charge < -0.3 is 10.4 Å². The molecule has 0 radical (unpaired) electrons. The van der Waals surface area contributed by atoms with Crippen LogP contribution in [0.5, 0.6) is 0 Å². The van der Waals surface area contributed by atoms with E-state index in [2.05, 4.69) is 5.32 Å². The molecule has 0 unspecified atom stereocenters. The summed E-state index contributed by atoms with van der Waals surface area (Å²) in [5.74, 6) is -0.148. The number of amides is 1. The second kappa shape index (κ2) is 4.96. The smallest absolute Gasteiger partial charge is 0.261 e. The van der Waals surface area contributed by atoms with Crippen molar-refractivity contribution in [2.75, 3.05) is 6.61 Å². The van der Waals surface area contributed by atoms with Crippen LogP contribution in [0, 0.1) is 0 Å². The van der Waals surface area contributed by atoms with Crippen molar-refractivity contribution < 1.29 is 9.90 Å². The Hall–Kier alpha value is -0.580. The Bertz CT molecular complexity index is 349. The summed E-state index contributed by atoms with van der Waals surface area (Å²) in [7, 11) is 0. The fourth-order valence-corrected chi connectivity index (χ4v) is 2.09. The maximum atomic E-state index is 11.7. The third-order valence-electron chi connectivity index (χ3n) is 1.99. The summed E-state index contributed by atoms with van der Waals surface area (Å²) < 4.78 is 0.597. The normalized spacial score (nSPS) is 11.5. The van der Waals surface area contributed by atoms with Crippen molar-refractivity contribution in [3.05, 3.63) is 21.3 Å². The number of rotatable bonds is 4. The second-order valence-electron chi connectivity index (χ2n) is 3.92. The molecule has 0 aliphatic heterocycles. The monoisotopic (exact) mass is 247 g/mol. The van der Waals surface area contributed by atoms with Crippen molar-refractivity contribution in [1.29, 1.82) is 0 Å². The molecule has 0 aliphatic rings. The predicted octanol–water partition coefficient (Wildman–Crippen LogP) is 2.29. The van der Waals surface area contributed by atoms with E-state index in [0.717, 1.165) is 0 Å². The van der Waals surface area contributed by atoms with Crippen LogP contribution in [-0.2, 0) is 0 Å². The highest BCUT2D eigenvalue weighted by molar-refractivity contribution is 7.17. The van der Waals surface area contributed by atoms with Gasteiger partial charge in [0.15, 0.2) is 0 Å². The fraction of sp³-hybridized carbons (Fsp3) is 0.500. The van der Waals surface area contributed by atoms with Gasteiger partial charge in [-0.15, -0.1) is 11.3 Å². The first-order valence-corrected chi connectivity index (χ1v) is 5.83. The summed E-state index contributed by atoms with van der Waals surface area (Å²) in [6.45, 7) is 3.80. The van der Waals surface area contributed by atoms with E-state index in [1.165, 1.54) is 11.3 Å². The summed E-state index contributed by atoms with van der Waals surface area (Å²) in [6.07, 6.45) is 0.526. The SMILES string of the molecule is CC(C)(CCO)NC(=O)c1ccc(Cl)s1. The molecule has 15 heavy (non-hydrogen) atoms. The molecule has 3 nitrogen and oxygen atoms in total. The van der Waals surface area contributed by atoms with Crippen molar-refractivity contribution in [3.8, 4) is 0 Å². The highest BCUT2D eigenvalue weighted by Gasteiger charge is 2.21. The van der Waals surface area contributed by atoms with Crippen molar-refractivity contribution >= 4 is 28.8 Å². The minimum absolute atomic E-state index is 0.0540. The van der Waals surface area contributed by atoms with Crippen molar-refractivity contribution in [1.82, 2.24) is 5.32 Å². The number of aliphatic hydroxyl groups excluding tert-OH is 1. The van der Waals surface area contributed by atoms with E-state index in [4.69, 9.17) is 16.7 Å².